The van der Waals surface area contributed by atoms with E-state index in [9.17, 15) is 19.5 Å². The van der Waals surface area contributed by atoms with Crippen LogP contribution in [0, 0.1) is 5.92 Å². The van der Waals surface area contributed by atoms with Gasteiger partial charge in [0.05, 0.1) is 32.6 Å². The highest BCUT2D eigenvalue weighted by atomic mass is 28.4. The minimum atomic E-state index is -3.41. The molecule has 2 heterocycles. The summed E-state index contributed by atoms with van der Waals surface area (Å²) in [7, 11) is -0.305. The topological polar surface area (TPSA) is 126 Å². The Morgan fingerprint density at radius 1 is 0.882 bits per heavy atom. The molecule has 0 saturated carbocycles. The number of anilines is 3. The quantitative estimate of drug-likeness (QED) is 0.114. The zero-order valence-electron chi connectivity index (χ0n) is 29.2. The zero-order chi connectivity index (χ0) is 36.5. The van der Waals surface area contributed by atoms with Crippen molar-refractivity contribution in [2.75, 3.05) is 36.4 Å². The summed E-state index contributed by atoms with van der Waals surface area (Å²) in [5.41, 5.74) is 1.59. The third kappa shape index (κ3) is 6.86. The first-order valence-electron chi connectivity index (χ1n) is 16.8. The van der Waals surface area contributed by atoms with Crippen molar-refractivity contribution in [3.05, 3.63) is 113 Å². The molecule has 1 fully saturated rings. The summed E-state index contributed by atoms with van der Waals surface area (Å²) in [6.07, 6.45) is -0.494. The van der Waals surface area contributed by atoms with Gasteiger partial charge in [0.15, 0.2) is 5.60 Å². The summed E-state index contributed by atoms with van der Waals surface area (Å²) in [6.45, 7) is 4.98. The summed E-state index contributed by atoms with van der Waals surface area (Å²) < 4.78 is 33.1. The van der Waals surface area contributed by atoms with Gasteiger partial charge in [0.25, 0.3) is 17.7 Å². The number of hydrogen-bond acceptors (Lipinski definition) is 7. The number of rotatable bonds is 11. The van der Waals surface area contributed by atoms with Crippen molar-refractivity contribution in [2.24, 2.45) is 5.92 Å². The van der Waals surface area contributed by atoms with Crippen molar-refractivity contribution < 1.29 is 37.8 Å². The van der Waals surface area contributed by atoms with Gasteiger partial charge in [-0.1, -0.05) is 19.1 Å². The highest BCUT2D eigenvalue weighted by molar-refractivity contribution is 6.72. The third-order valence-electron chi connectivity index (χ3n) is 9.86. The lowest BCUT2D eigenvalue weighted by atomic mass is 9.82. The van der Waals surface area contributed by atoms with Gasteiger partial charge >= 0.3 is 0 Å². The molecular formula is C39H42FN3O7Si. The molecule has 0 radical (unpaired) electrons. The first kappa shape index (κ1) is 35.8. The van der Waals surface area contributed by atoms with Crippen molar-refractivity contribution in [2.45, 2.75) is 50.2 Å². The molecule has 4 atom stereocenters. The van der Waals surface area contributed by atoms with Crippen molar-refractivity contribution in [3.63, 3.8) is 0 Å². The molecule has 2 aliphatic rings. The second-order valence-electron chi connectivity index (χ2n) is 13.5. The van der Waals surface area contributed by atoms with Gasteiger partial charge in [-0.15, -0.1) is 0 Å². The molecule has 4 aromatic rings. The molecule has 3 amide bonds. The van der Waals surface area contributed by atoms with Crippen LogP contribution in [0.1, 0.15) is 45.2 Å². The highest BCUT2D eigenvalue weighted by Crippen LogP contribution is 2.60. The van der Waals surface area contributed by atoms with Crippen LogP contribution in [0.2, 0.25) is 18.6 Å². The molecule has 1 spiro atoms. The van der Waals surface area contributed by atoms with Crippen molar-refractivity contribution in [1.82, 2.24) is 0 Å². The van der Waals surface area contributed by atoms with E-state index in [1.54, 1.807) is 117 Å². The van der Waals surface area contributed by atoms with Crippen LogP contribution in [-0.4, -0.2) is 58.2 Å². The maximum absolute atomic E-state index is 16.0. The number of nitrogens with one attached hydrogen (secondary N) is 2. The lowest BCUT2D eigenvalue weighted by molar-refractivity contribution is -0.146. The minimum Gasteiger partial charge on any atom is -0.497 e. The Kier molecular flexibility index (Phi) is 10.0. The van der Waals surface area contributed by atoms with Crippen molar-refractivity contribution in [1.29, 1.82) is 0 Å². The van der Waals surface area contributed by atoms with Gasteiger partial charge in [-0.2, -0.15) is 0 Å². The van der Waals surface area contributed by atoms with E-state index >= 15 is 4.11 Å². The van der Waals surface area contributed by atoms with Crippen molar-refractivity contribution >= 4 is 43.2 Å². The fraction of sp³-hybridized carbons (Fsp3) is 0.308. The molecule has 3 N–H and O–H groups in total. The lowest BCUT2D eigenvalue weighted by Gasteiger charge is -2.31. The van der Waals surface area contributed by atoms with E-state index in [0.717, 1.165) is 5.56 Å². The first-order chi connectivity index (χ1) is 24.4. The average Bonchev–Trinajstić information content (AvgIpc) is 3.54. The molecule has 4 aromatic carbocycles. The number of aliphatic hydroxyl groups is 1. The summed E-state index contributed by atoms with van der Waals surface area (Å²) in [6, 6.07) is 25.9. The smallest absolute Gasteiger partial charge is 0.264 e. The lowest BCUT2D eigenvalue weighted by Crippen LogP contribution is -2.45. The molecular weight excluding hydrogens is 670 g/mol. The second kappa shape index (κ2) is 14.3. The maximum Gasteiger partial charge on any atom is 0.264 e. The number of fused-ring (bicyclic) bond motifs is 2. The number of nitrogens with zero attached hydrogens (tertiary/aromatic N) is 1. The molecule has 2 aliphatic heterocycles. The molecule has 1 saturated heterocycles. The Hall–Kier alpha value is -5.04. The number of aliphatic hydroxyl groups excluding tert-OH is 1. The molecule has 51 heavy (non-hydrogen) atoms. The van der Waals surface area contributed by atoms with Crippen LogP contribution in [0.5, 0.6) is 11.5 Å². The molecule has 0 bridgehead atoms. The molecule has 12 heteroatoms. The zero-order valence-corrected chi connectivity index (χ0v) is 30.2. The van der Waals surface area contributed by atoms with Gasteiger partial charge < -0.3 is 39.0 Å². The van der Waals surface area contributed by atoms with E-state index in [-0.39, 0.29) is 37.3 Å². The van der Waals surface area contributed by atoms with Gasteiger partial charge in [-0.05, 0) is 104 Å². The Labute approximate surface area is 297 Å². The average molecular weight is 712 g/mol. The van der Waals surface area contributed by atoms with Crippen LogP contribution in [0.4, 0.5) is 21.2 Å². The fourth-order valence-electron chi connectivity index (χ4n) is 7.50. The van der Waals surface area contributed by atoms with E-state index < -0.39 is 31.6 Å². The van der Waals surface area contributed by atoms with Crippen LogP contribution in [-0.2, 0) is 21.7 Å². The molecule has 10 nitrogen and oxygen atoms in total. The number of ether oxygens (including phenoxy) is 3. The predicted molar refractivity (Wildman–Crippen MR) is 196 cm³/mol. The Morgan fingerprint density at radius 3 is 1.98 bits per heavy atom. The summed E-state index contributed by atoms with van der Waals surface area (Å²) in [5, 5.41) is 15.8. The minimum absolute atomic E-state index is 0.138. The number of methoxy groups -OCH3 is 2. The molecule has 0 aromatic heterocycles. The van der Waals surface area contributed by atoms with E-state index in [4.69, 9.17) is 14.2 Å². The van der Waals surface area contributed by atoms with Gasteiger partial charge in [0.1, 0.15) is 11.5 Å². The van der Waals surface area contributed by atoms with Crippen molar-refractivity contribution in [3.8, 4) is 11.5 Å². The number of hydrogen-bond donors (Lipinski definition) is 3. The third-order valence-corrected chi connectivity index (χ3v) is 12.3. The summed E-state index contributed by atoms with van der Waals surface area (Å²) in [4.78, 5) is 42.7. The first-order valence-corrected chi connectivity index (χ1v) is 19.8. The van der Waals surface area contributed by atoms with E-state index in [0.29, 0.717) is 45.3 Å². The Bertz CT molecular complexity index is 1930. The fourth-order valence-corrected chi connectivity index (χ4v) is 10.0. The highest BCUT2D eigenvalue weighted by Gasteiger charge is 2.66. The number of benzene rings is 4. The van der Waals surface area contributed by atoms with E-state index in [2.05, 4.69) is 10.6 Å². The van der Waals surface area contributed by atoms with Crippen LogP contribution in [0.15, 0.2) is 91.0 Å². The largest absolute Gasteiger partial charge is 0.497 e. The predicted octanol–water partition coefficient (Wildman–Crippen LogP) is 6.91. The number of carbonyl (C=O) groups is 3. The van der Waals surface area contributed by atoms with E-state index in [1.165, 1.54) is 0 Å². The van der Waals surface area contributed by atoms with Gasteiger partial charge in [-0.25, -0.2) is 0 Å². The number of carbonyl (C=O) groups excluding carboxylic acids is 3. The van der Waals surface area contributed by atoms with Crippen LogP contribution >= 0.6 is 0 Å². The van der Waals surface area contributed by atoms with Gasteiger partial charge in [0, 0.05) is 46.1 Å². The van der Waals surface area contributed by atoms with Crippen LogP contribution in [0.3, 0.4) is 0 Å². The monoisotopic (exact) mass is 711 g/mol. The van der Waals surface area contributed by atoms with Gasteiger partial charge in [-0.3, -0.25) is 14.4 Å². The number of halogens is 1. The Morgan fingerprint density at radius 2 is 1.45 bits per heavy atom. The SMILES string of the molecule is COc1ccc(C(=O)Nc2cccc(CN3C(=O)[C@@]4(O[C@@H](CCO)[C@H]([Si](C)(C)F)[C@H]4C)c4cc(NC(=O)c5ccc(OC)cc5)ccc43)c2)cc1. The Balaban J connectivity index is 1.34. The van der Waals surface area contributed by atoms with Crippen LogP contribution in [0.25, 0.3) is 0 Å². The maximum atomic E-state index is 16.0. The van der Waals surface area contributed by atoms with Gasteiger partial charge in [0.2, 0.25) is 8.41 Å². The van der Waals surface area contributed by atoms with E-state index in [1.807, 2.05) is 13.0 Å². The summed E-state index contributed by atoms with van der Waals surface area (Å²) in [5.74, 6) is -0.309. The molecule has 0 aliphatic carbocycles. The normalized spacial score (nSPS) is 21.0. The number of amides is 3. The standard InChI is InChI=1S/C39H42FN3O7Si/c1-24-35(51(4,5)40)34(19-20-44)50-39(24)32-22-29(42-37(46)27-11-16-31(49-3)17-12-27)13-18-33(32)43(38(39)47)23-25-7-6-8-28(21-25)41-36(45)26-9-14-30(48-2)15-10-26/h6-18,21-22,24,34-35,44H,19-20,23H2,1-5H3,(H,41,45)(H,42,46)/t24-,34+,35-,39+/m1/s1. The summed E-state index contributed by atoms with van der Waals surface area (Å²) >= 11 is 0. The molecule has 6 rings (SSSR count). The molecule has 266 valence electrons. The molecule has 0 unspecified atom stereocenters. The van der Waals surface area contributed by atoms with Crippen LogP contribution < -0.4 is 25.0 Å². The second-order valence-corrected chi connectivity index (χ2v) is 17.3.